The van der Waals surface area contributed by atoms with Gasteiger partial charge in [-0.2, -0.15) is 0 Å². The number of halogens is 2. The first-order valence-corrected chi connectivity index (χ1v) is 13.0. The molecule has 2 aromatic carbocycles. The second kappa shape index (κ2) is 10.8. The molecule has 3 heterocycles. The second-order valence-corrected chi connectivity index (χ2v) is 10.0. The van der Waals surface area contributed by atoms with Gasteiger partial charge in [0.15, 0.2) is 11.0 Å². The van der Waals surface area contributed by atoms with Crippen LogP contribution < -0.4 is 14.8 Å². The summed E-state index contributed by atoms with van der Waals surface area (Å²) in [6.45, 7) is 1.43. The Morgan fingerprint density at radius 1 is 1.08 bits per heavy atom. The number of fused-ring (bicyclic) bond motifs is 1. The lowest BCUT2D eigenvalue weighted by Gasteiger charge is -2.27. The summed E-state index contributed by atoms with van der Waals surface area (Å²) in [6, 6.07) is 12.0. The number of rotatable bonds is 5. The molecular formula is C28H24F2N4O3S. The van der Waals surface area contributed by atoms with Crippen molar-refractivity contribution in [3.63, 3.8) is 0 Å². The lowest BCUT2D eigenvalue weighted by molar-refractivity contribution is 0.0679. The molecule has 0 aliphatic carbocycles. The molecule has 1 unspecified atom stereocenters. The summed E-state index contributed by atoms with van der Waals surface area (Å²) in [6.07, 6.45) is 4.40. The van der Waals surface area contributed by atoms with Gasteiger partial charge in [0, 0.05) is 35.0 Å². The fourth-order valence-electron chi connectivity index (χ4n) is 4.21. The quantitative estimate of drug-likeness (QED) is 0.333. The van der Waals surface area contributed by atoms with Crippen LogP contribution in [0.5, 0.6) is 5.88 Å². The van der Waals surface area contributed by atoms with Crippen molar-refractivity contribution in [1.29, 1.82) is 0 Å². The molecule has 0 saturated carbocycles. The van der Waals surface area contributed by atoms with Crippen molar-refractivity contribution >= 4 is 27.6 Å². The van der Waals surface area contributed by atoms with Crippen molar-refractivity contribution in [2.75, 3.05) is 24.9 Å². The van der Waals surface area contributed by atoms with Crippen molar-refractivity contribution < 1.29 is 22.8 Å². The number of anilines is 1. The minimum atomic E-state index is -2.03. The Labute approximate surface area is 220 Å². The van der Waals surface area contributed by atoms with E-state index in [4.69, 9.17) is 4.74 Å². The molecule has 0 spiro atoms. The third-order valence-electron chi connectivity index (χ3n) is 6.28. The van der Waals surface area contributed by atoms with E-state index in [9.17, 15) is 18.1 Å². The molecule has 0 radical (unpaired) electrons. The van der Waals surface area contributed by atoms with E-state index in [1.807, 2.05) is 24.3 Å². The van der Waals surface area contributed by atoms with Gasteiger partial charge in [-0.05, 0) is 67.9 Å². The van der Waals surface area contributed by atoms with E-state index in [1.54, 1.807) is 18.5 Å². The maximum absolute atomic E-state index is 14.2. The number of hydrogen-bond donors (Lipinski definition) is 3. The maximum Gasteiger partial charge on any atom is 0.238 e. The third kappa shape index (κ3) is 5.50. The molecule has 10 heteroatoms. The van der Waals surface area contributed by atoms with Crippen LogP contribution in [0.4, 0.5) is 14.5 Å². The van der Waals surface area contributed by atoms with E-state index in [0.29, 0.717) is 37.6 Å². The topological polar surface area (TPSA) is 96.4 Å². The summed E-state index contributed by atoms with van der Waals surface area (Å²) in [5, 5.41) is 14.8. The van der Waals surface area contributed by atoms with Gasteiger partial charge in [0.2, 0.25) is 5.88 Å². The van der Waals surface area contributed by atoms with Crippen LogP contribution in [0, 0.1) is 23.5 Å². The van der Waals surface area contributed by atoms with E-state index in [0.717, 1.165) is 34.2 Å². The highest BCUT2D eigenvalue weighted by atomic mass is 32.2. The number of methoxy groups -OCH3 is 1. The molecule has 7 nitrogen and oxygen atoms in total. The Morgan fingerprint density at radius 2 is 1.89 bits per heavy atom. The molecule has 2 aromatic heterocycles. The van der Waals surface area contributed by atoms with Gasteiger partial charge in [-0.25, -0.2) is 18.0 Å². The number of ether oxygens (including phenoxy) is 1. The molecule has 1 saturated heterocycles. The lowest BCUT2D eigenvalue weighted by atomic mass is 9.92. The van der Waals surface area contributed by atoms with E-state index in [1.165, 1.54) is 7.11 Å². The predicted octanol–water partition coefficient (Wildman–Crippen LogP) is 4.18. The van der Waals surface area contributed by atoms with Crippen LogP contribution in [0.25, 0.3) is 22.0 Å². The third-order valence-corrected chi connectivity index (χ3v) is 7.41. The Morgan fingerprint density at radius 3 is 2.66 bits per heavy atom. The number of piperidine rings is 1. The SMILES string of the molecule is COc1ncc(-c2ccc3nccc(C#CC4(O)CCNCC4)c3c2)cc1NS(=O)c1ccc(F)cc1F. The summed E-state index contributed by atoms with van der Waals surface area (Å²) in [4.78, 5) is 8.54. The normalized spacial score (nSPS) is 15.4. The molecule has 38 heavy (non-hydrogen) atoms. The van der Waals surface area contributed by atoms with E-state index in [2.05, 4.69) is 31.8 Å². The van der Waals surface area contributed by atoms with Crippen molar-refractivity contribution in [3.05, 3.63) is 78.1 Å². The maximum atomic E-state index is 14.2. The van der Waals surface area contributed by atoms with Crippen LogP contribution in [0.15, 0.2) is 65.8 Å². The highest BCUT2D eigenvalue weighted by molar-refractivity contribution is 7.86. The molecule has 1 aliphatic heterocycles. The van der Waals surface area contributed by atoms with Gasteiger partial charge in [0.05, 0.1) is 17.5 Å². The summed E-state index contributed by atoms with van der Waals surface area (Å²) < 4.78 is 48.3. The molecule has 1 atom stereocenters. The van der Waals surface area contributed by atoms with Gasteiger partial charge in [-0.3, -0.25) is 9.71 Å². The Kier molecular flexibility index (Phi) is 7.33. The molecule has 4 aromatic rings. The van der Waals surface area contributed by atoms with Crippen LogP contribution in [0.2, 0.25) is 0 Å². The Bertz CT molecular complexity index is 1600. The van der Waals surface area contributed by atoms with Crippen molar-refractivity contribution in [2.45, 2.75) is 23.3 Å². The van der Waals surface area contributed by atoms with Gasteiger partial charge in [-0.1, -0.05) is 17.9 Å². The van der Waals surface area contributed by atoms with Gasteiger partial charge >= 0.3 is 0 Å². The Hall–Kier alpha value is -3.91. The van der Waals surface area contributed by atoms with E-state index < -0.39 is 28.2 Å². The smallest absolute Gasteiger partial charge is 0.238 e. The first-order valence-electron chi connectivity index (χ1n) is 11.9. The summed E-state index contributed by atoms with van der Waals surface area (Å²) >= 11 is 0. The molecule has 5 rings (SSSR count). The molecule has 194 valence electrons. The van der Waals surface area contributed by atoms with Crippen LogP contribution in [0.1, 0.15) is 18.4 Å². The highest BCUT2D eigenvalue weighted by Gasteiger charge is 2.26. The first-order chi connectivity index (χ1) is 18.3. The molecular weight excluding hydrogens is 510 g/mol. The molecule has 0 bridgehead atoms. The van der Waals surface area contributed by atoms with Gasteiger partial charge < -0.3 is 15.2 Å². The first kappa shape index (κ1) is 25.7. The van der Waals surface area contributed by atoms with Crippen molar-refractivity contribution in [2.24, 2.45) is 0 Å². The average Bonchev–Trinajstić information content (AvgIpc) is 2.92. The predicted molar refractivity (Wildman–Crippen MR) is 142 cm³/mol. The summed E-state index contributed by atoms with van der Waals surface area (Å²) in [5.74, 6) is 4.66. The number of benzene rings is 2. The molecule has 3 N–H and O–H groups in total. The monoisotopic (exact) mass is 534 g/mol. The fraction of sp³-hybridized carbons (Fsp3) is 0.214. The van der Waals surface area contributed by atoms with Gasteiger partial charge in [0.25, 0.3) is 0 Å². The minimum absolute atomic E-state index is 0.161. The molecule has 0 amide bonds. The summed E-state index contributed by atoms with van der Waals surface area (Å²) in [5.41, 5.74) is 2.17. The number of hydrogen-bond acceptors (Lipinski definition) is 6. The number of aliphatic hydroxyl groups is 1. The zero-order chi connectivity index (χ0) is 26.7. The van der Waals surface area contributed by atoms with Crippen LogP contribution >= 0.6 is 0 Å². The second-order valence-electron chi connectivity index (χ2n) is 8.85. The minimum Gasteiger partial charge on any atom is -0.480 e. The van der Waals surface area contributed by atoms with Gasteiger partial charge in [0.1, 0.15) is 22.9 Å². The standard InChI is InChI=1S/C28H24F2N4O3S/c1-37-27-25(34-38(36)26-5-3-21(29)16-23(26)30)15-20(17-33-27)19-2-4-24-22(14-19)18(7-11-32-24)6-8-28(35)9-12-31-13-10-28/h2-5,7,11,14-17,31,34-35H,9-10,12-13H2,1H3. The van der Waals surface area contributed by atoms with Crippen LogP contribution in [0.3, 0.4) is 0 Å². The largest absolute Gasteiger partial charge is 0.480 e. The number of aromatic nitrogens is 2. The summed E-state index contributed by atoms with van der Waals surface area (Å²) in [7, 11) is -0.620. The van der Waals surface area contributed by atoms with Crippen molar-refractivity contribution in [1.82, 2.24) is 15.3 Å². The average molecular weight is 535 g/mol. The van der Waals surface area contributed by atoms with Crippen LogP contribution in [-0.2, 0) is 11.0 Å². The molecule has 1 fully saturated rings. The van der Waals surface area contributed by atoms with E-state index in [-0.39, 0.29) is 16.5 Å². The van der Waals surface area contributed by atoms with Gasteiger partial charge in [-0.15, -0.1) is 0 Å². The fourth-order valence-corrected chi connectivity index (χ4v) is 5.09. The lowest BCUT2D eigenvalue weighted by Crippen LogP contribution is -2.40. The van der Waals surface area contributed by atoms with E-state index >= 15 is 0 Å². The van der Waals surface area contributed by atoms with Crippen LogP contribution in [-0.4, -0.2) is 45.1 Å². The zero-order valence-corrected chi connectivity index (χ0v) is 21.2. The number of pyridine rings is 2. The highest BCUT2D eigenvalue weighted by Crippen LogP contribution is 2.32. The van der Waals surface area contributed by atoms with Crippen molar-refractivity contribution in [3.8, 4) is 28.8 Å². The number of nitrogens with one attached hydrogen (secondary N) is 2. The number of nitrogens with zero attached hydrogens (tertiary/aromatic N) is 2. The Balaban J connectivity index is 1.49. The zero-order valence-electron chi connectivity index (χ0n) is 20.4. The molecule has 1 aliphatic rings.